The Morgan fingerprint density at radius 3 is 2.29 bits per heavy atom. The van der Waals surface area contributed by atoms with Crippen molar-refractivity contribution in [3.05, 3.63) is 41.7 Å². The Morgan fingerprint density at radius 2 is 1.71 bits per heavy atom. The van der Waals surface area contributed by atoms with Crippen LogP contribution in [0.5, 0.6) is 5.75 Å². The molecule has 2 amide bonds. The Labute approximate surface area is 159 Å². The summed E-state index contributed by atoms with van der Waals surface area (Å²) in [6.45, 7) is 4.05. The van der Waals surface area contributed by atoms with Crippen LogP contribution in [0.2, 0.25) is 0 Å². The number of hydrogen-bond donors (Lipinski definition) is 2. The standard InChI is InChI=1S/C16H17F3N4O4S/c1-9-8-10(2)21-14(20-9)22-15(24)23-28(25,26)13-7-5-4-6-12(13)27-11(3)16(17,18)19/h4-8,11H,1-3H3,(H2,20,21,22,23,24). The van der Waals surface area contributed by atoms with E-state index in [4.69, 9.17) is 4.74 Å². The van der Waals surface area contributed by atoms with Crippen LogP contribution in [0.4, 0.5) is 23.9 Å². The number of amides is 2. The molecule has 0 radical (unpaired) electrons. The maximum Gasteiger partial charge on any atom is 0.425 e. The largest absolute Gasteiger partial charge is 0.480 e. The Hall–Kier alpha value is -2.89. The molecule has 1 unspecified atom stereocenters. The molecule has 2 aromatic rings. The van der Waals surface area contributed by atoms with Gasteiger partial charge < -0.3 is 4.74 Å². The number of sulfonamides is 1. The van der Waals surface area contributed by atoms with Crippen LogP contribution in [0.1, 0.15) is 18.3 Å². The molecule has 1 aromatic heterocycles. The number of urea groups is 1. The minimum atomic E-state index is -4.69. The molecule has 0 saturated carbocycles. The van der Waals surface area contributed by atoms with Gasteiger partial charge in [0.25, 0.3) is 10.0 Å². The summed E-state index contributed by atoms with van der Waals surface area (Å²) in [5, 5.41) is 2.16. The summed E-state index contributed by atoms with van der Waals surface area (Å²) < 4.78 is 69.4. The number of carbonyl (C=O) groups excluding carboxylic acids is 1. The fourth-order valence-corrected chi connectivity index (χ4v) is 3.16. The van der Waals surface area contributed by atoms with E-state index in [-0.39, 0.29) is 5.95 Å². The molecule has 2 rings (SSSR count). The van der Waals surface area contributed by atoms with Crippen LogP contribution in [0, 0.1) is 13.8 Å². The monoisotopic (exact) mass is 418 g/mol. The topological polar surface area (TPSA) is 110 Å². The average Bonchev–Trinajstić information content (AvgIpc) is 2.52. The third kappa shape index (κ3) is 5.55. The summed E-state index contributed by atoms with van der Waals surface area (Å²) in [5.41, 5.74) is 1.09. The highest BCUT2D eigenvalue weighted by molar-refractivity contribution is 7.90. The van der Waals surface area contributed by atoms with Crippen molar-refractivity contribution in [2.24, 2.45) is 0 Å². The summed E-state index contributed by atoms with van der Waals surface area (Å²) in [6.07, 6.45) is -6.94. The first-order valence-corrected chi connectivity index (χ1v) is 9.35. The van der Waals surface area contributed by atoms with Crippen molar-refractivity contribution in [2.45, 2.75) is 37.9 Å². The number of ether oxygens (including phenoxy) is 1. The normalized spacial score (nSPS) is 12.9. The van der Waals surface area contributed by atoms with Gasteiger partial charge in [-0.3, -0.25) is 5.32 Å². The molecule has 0 bridgehead atoms. The third-order valence-electron chi connectivity index (χ3n) is 3.34. The van der Waals surface area contributed by atoms with Crippen molar-refractivity contribution in [3.8, 4) is 5.75 Å². The molecule has 1 aromatic carbocycles. The number of aromatic nitrogens is 2. The lowest BCUT2D eigenvalue weighted by Gasteiger charge is -2.19. The smallest absolute Gasteiger partial charge is 0.425 e. The summed E-state index contributed by atoms with van der Waals surface area (Å²) in [4.78, 5) is 19.3. The fourth-order valence-electron chi connectivity index (χ4n) is 2.11. The van der Waals surface area contributed by atoms with Gasteiger partial charge in [0.05, 0.1) is 0 Å². The van der Waals surface area contributed by atoms with Gasteiger partial charge in [0.2, 0.25) is 5.95 Å². The number of alkyl halides is 3. The van der Waals surface area contributed by atoms with Crippen LogP contribution < -0.4 is 14.8 Å². The summed E-state index contributed by atoms with van der Waals surface area (Å²) >= 11 is 0. The highest BCUT2D eigenvalue weighted by atomic mass is 32.2. The highest BCUT2D eigenvalue weighted by Crippen LogP contribution is 2.29. The van der Waals surface area contributed by atoms with E-state index in [0.717, 1.165) is 19.1 Å². The average molecular weight is 418 g/mol. The second-order valence-electron chi connectivity index (χ2n) is 5.78. The molecule has 0 aliphatic carbocycles. The molecule has 12 heteroatoms. The molecule has 0 aliphatic heterocycles. The number of nitrogens with one attached hydrogen (secondary N) is 2. The number of hydrogen-bond acceptors (Lipinski definition) is 6. The Balaban J connectivity index is 2.21. The summed E-state index contributed by atoms with van der Waals surface area (Å²) in [6, 6.07) is 5.13. The molecule has 0 aliphatic rings. The van der Waals surface area contributed by atoms with Gasteiger partial charge in [-0.25, -0.2) is 27.9 Å². The Kier molecular flexibility index (Phi) is 6.12. The van der Waals surface area contributed by atoms with Crippen LogP contribution in [-0.4, -0.2) is 36.7 Å². The Bertz CT molecular complexity index is 960. The second-order valence-corrected chi connectivity index (χ2v) is 7.43. The van der Waals surface area contributed by atoms with Gasteiger partial charge >= 0.3 is 12.2 Å². The number of para-hydroxylation sites is 1. The van der Waals surface area contributed by atoms with E-state index in [1.54, 1.807) is 24.6 Å². The number of nitrogens with zero attached hydrogens (tertiary/aromatic N) is 2. The fraction of sp³-hybridized carbons (Fsp3) is 0.312. The SMILES string of the molecule is Cc1cc(C)nc(NC(=O)NS(=O)(=O)c2ccccc2OC(C)C(F)(F)F)n1. The number of halogens is 3. The van der Waals surface area contributed by atoms with Crippen LogP contribution in [0.15, 0.2) is 35.2 Å². The molecule has 28 heavy (non-hydrogen) atoms. The molecular weight excluding hydrogens is 401 g/mol. The molecule has 8 nitrogen and oxygen atoms in total. The molecular formula is C16H17F3N4O4S. The molecule has 1 heterocycles. The lowest BCUT2D eigenvalue weighted by atomic mass is 10.3. The van der Waals surface area contributed by atoms with Gasteiger partial charge in [-0.05, 0) is 39.0 Å². The zero-order chi connectivity index (χ0) is 21.1. The highest BCUT2D eigenvalue weighted by Gasteiger charge is 2.39. The van der Waals surface area contributed by atoms with Crippen LogP contribution >= 0.6 is 0 Å². The van der Waals surface area contributed by atoms with E-state index in [2.05, 4.69) is 15.3 Å². The molecule has 0 spiro atoms. The molecule has 0 saturated heterocycles. The maximum absolute atomic E-state index is 12.7. The number of anilines is 1. The van der Waals surface area contributed by atoms with Crippen molar-refractivity contribution < 1.29 is 31.1 Å². The van der Waals surface area contributed by atoms with Gasteiger partial charge in [-0.1, -0.05) is 12.1 Å². The maximum atomic E-state index is 12.7. The second kappa shape index (κ2) is 8.00. The predicted octanol–water partition coefficient (Wildman–Crippen LogP) is 2.93. The van der Waals surface area contributed by atoms with Gasteiger partial charge in [-0.2, -0.15) is 13.2 Å². The number of benzene rings is 1. The van der Waals surface area contributed by atoms with E-state index in [0.29, 0.717) is 11.4 Å². The zero-order valence-corrected chi connectivity index (χ0v) is 15.9. The summed E-state index contributed by atoms with van der Waals surface area (Å²) in [7, 11) is -4.53. The van der Waals surface area contributed by atoms with Crippen molar-refractivity contribution in [3.63, 3.8) is 0 Å². The molecule has 152 valence electrons. The predicted molar refractivity (Wildman–Crippen MR) is 93.4 cm³/mol. The minimum Gasteiger partial charge on any atom is -0.480 e. The first-order chi connectivity index (χ1) is 12.9. The molecule has 1 atom stereocenters. The minimum absolute atomic E-state index is 0.125. The van der Waals surface area contributed by atoms with Crippen molar-refractivity contribution in [2.75, 3.05) is 5.32 Å². The van der Waals surface area contributed by atoms with Crippen LogP contribution in [0.3, 0.4) is 0 Å². The number of carbonyl (C=O) groups is 1. The van der Waals surface area contributed by atoms with Crippen molar-refractivity contribution in [1.29, 1.82) is 0 Å². The van der Waals surface area contributed by atoms with E-state index in [1.165, 1.54) is 12.1 Å². The van der Waals surface area contributed by atoms with Crippen LogP contribution in [-0.2, 0) is 10.0 Å². The van der Waals surface area contributed by atoms with E-state index < -0.39 is 39.0 Å². The first-order valence-electron chi connectivity index (χ1n) is 7.87. The molecule has 0 fully saturated rings. The number of rotatable bonds is 5. The lowest BCUT2D eigenvalue weighted by Crippen LogP contribution is -2.36. The van der Waals surface area contributed by atoms with Crippen LogP contribution in [0.25, 0.3) is 0 Å². The van der Waals surface area contributed by atoms with Gasteiger partial charge in [-0.15, -0.1) is 0 Å². The van der Waals surface area contributed by atoms with Crippen molar-refractivity contribution in [1.82, 2.24) is 14.7 Å². The van der Waals surface area contributed by atoms with E-state index >= 15 is 0 Å². The molecule has 2 N–H and O–H groups in total. The zero-order valence-electron chi connectivity index (χ0n) is 15.0. The van der Waals surface area contributed by atoms with Gasteiger partial charge in [0, 0.05) is 11.4 Å². The Morgan fingerprint density at radius 1 is 1.14 bits per heavy atom. The quantitative estimate of drug-likeness (QED) is 0.773. The van der Waals surface area contributed by atoms with Crippen molar-refractivity contribution >= 4 is 22.0 Å². The summed E-state index contributed by atoms with van der Waals surface area (Å²) in [5.74, 6) is -0.671. The first kappa shape index (κ1) is 21.4. The lowest BCUT2D eigenvalue weighted by molar-refractivity contribution is -0.189. The van der Waals surface area contributed by atoms with Gasteiger partial charge in [0.1, 0.15) is 10.6 Å². The van der Waals surface area contributed by atoms with E-state index in [1.807, 2.05) is 0 Å². The van der Waals surface area contributed by atoms with Gasteiger partial charge in [0.15, 0.2) is 6.10 Å². The third-order valence-corrected chi connectivity index (χ3v) is 4.71. The number of aryl methyl sites for hydroxylation is 2. The van der Waals surface area contributed by atoms with E-state index in [9.17, 15) is 26.4 Å².